The van der Waals surface area contributed by atoms with Gasteiger partial charge in [0.25, 0.3) is 5.88 Å². The second-order valence-electron chi connectivity index (χ2n) is 2.62. The molecule has 1 aromatic heterocycles. The molecule has 14 heavy (non-hydrogen) atoms. The van der Waals surface area contributed by atoms with Crippen LogP contribution in [0.25, 0.3) is 0 Å². The largest absolute Gasteiger partial charge is 0.416 e. The number of halogens is 2. The molecule has 0 fully saturated rings. The van der Waals surface area contributed by atoms with Crippen molar-refractivity contribution in [2.45, 2.75) is 5.88 Å². The Bertz CT molecular complexity index is 338. The van der Waals surface area contributed by atoms with Gasteiger partial charge in [0.05, 0.1) is 5.88 Å². The summed E-state index contributed by atoms with van der Waals surface area (Å²) in [5.41, 5.74) is 0. The fourth-order valence-electron chi connectivity index (χ4n) is 0.616. The van der Waals surface area contributed by atoms with Crippen LogP contribution in [0.15, 0.2) is 4.52 Å². The normalized spacial score (nSPS) is 10.0. The Labute approximate surface area is 90.5 Å². The zero-order valence-corrected chi connectivity index (χ0v) is 9.09. The average molecular weight is 239 g/mol. The van der Waals surface area contributed by atoms with E-state index in [0.29, 0.717) is 0 Å². The molecule has 0 bridgehead atoms. The molecular formula is C7H8Cl2N2O3. The second kappa shape index (κ2) is 4.52. The van der Waals surface area contributed by atoms with Gasteiger partial charge >= 0.3 is 6.09 Å². The van der Waals surface area contributed by atoms with E-state index in [1.165, 1.54) is 4.90 Å². The van der Waals surface area contributed by atoms with Crippen molar-refractivity contribution in [3.05, 3.63) is 10.8 Å². The third kappa shape index (κ3) is 2.30. The molecule has 78 valence electrons. The van der Waals surface area contributed by atoms with E-state index in [1.54, 1.807) is 14.1 Å². The fraction of sp³-hybridized carbons (Fsp3) is 0.429. The molecule has 1 aromatic rings. The number of carbonyl (C=O) groups excluding carboxylic acids is 1. The minimum atomic E-state index is -0.582. The third-order valence-electron chi connectivity index (χ3n) is 1.34. The summed E-state index contributed by atoms with van der Waals surface area (Å²) < 4.78 is 9.50. The topological polar surface area (TPSA) is 55.6 Å². The van der Waals surface area contributed by atoms with Gasteiger partial charge in [-0.25, -0.2) is 4.79 Å². The highest BCUT2D eigenvalue weighted by atomic mass is 35.5. The number of alkyl halides is 1. The predicted molar refractivity (Wildman–Crippen MR) is 50.8 cm³/mol. The highest BCUT2D eigenvalue weighted by Crippen LogP contribution is 2.28. The maximum absolute atomic E-state index is 11.1. The molecule has 0 saturated carbocycles. The summed E-state index contributed by atoms with van der Waals surface area (Å²) >= 11 is 11.2. The Hall–Kier alpha value is -0.940. The Morgan fingerprint density at radius 1 is 1.64 bits per heavy atom. The standard InChI is InChI=1S/C7H8Cl2N2O3/c1-11(2)7(12)13-6-5(9)4(3-8)14-10-6/h3H2,1-2H3. The third-order valence-corrected chi connectivity index (χ3v) is 1.96. The van der Waals surface area contributed by atoms with Gasteiger partial charge in [-0.2, -0.15) is 0 Å². The molecule has 5 nitrogen and oxygen atoms in total. The minimum absolute atomic E-state index is 0.0685. The highest BCUT2D eigenvalue weighted by molar-refractivity contribution is 6.33. The lowest BCUT2D eigenvalue weighted by Crippen LogP contribution is -2.25. The van der Waals surface area contributed by atoms with Gasteiger partial charge in [-0.15, -0.1) is 11.6 Å². The van der Waals surface area contributed by atoms with E-state index < -0.39 is 6.09 Å². The quantitative estimate of drug-likeness (QED) is 0.741. The second-order valence-corrected chi connectivity index (χ2v) is 3.27. The van der Waals surface area contributed by atoms with E-state index in [-0.39, 0.29) is 22.5 Å². The summed E-state index contributed by atoms with van der Waals surface area (Å²) in [6, 6.07) is 0. The van der Waals surface area contributed by atoms with Crippen molar-refractivity contribution in [1.29, 1.82) is 0 Å². The zero-order chi connectivity index (χ0) is 10.7. The number of carbonyl (C=O) groups is 1. The van der Waals surface area contributed by atoms with Gasteiger partial charge < -0.3 is 14.2 Å². The van der Waals surface area contributed by atoms with E-state index in [1.807, 2.05) is 0 Å². The number of hydrogen-bond donors (Lipinski definition) is 0. The average Bonchev–Trinajstić information content (AvgIpc) is 2.47. The van der Waals surface area contributed by atoms with Gasteiger partial charge in [0, 0.05) is 14.1 Å². The molecule has 1 amide bonds. The van der Waals surface area contributed by atoms with E-state index >= 15 is 0 Å². The fourth-order valence-corrected chi connectivity index (χ4v) is 1.04. The zero-order valence-electron chi connectivity index (χ0n) is 7.58. The SMILES string of the molecule is CN(C)C(=O)Oc1noc(CCl)c1Cl. The molecule has 0 radical (unpaired) electrons. The first-order valence-corrected chi connectivity index (χ1v) is 4.56. The molecular weight excluding hydrogens is 231 g/mol. The lowest BCUT2D eigenvalue weighted by Gasteiger charge is -2.07. The van der Waals surface area contributed by atoms with E-state index in [4.69, 9.17) is 32.5 Å². The first kappa shape index (κ1) is 11.1. The Morgan fingerprint density at radius 2 is 2.29 bits per heavy atom. The minimum Gasteiger partial charge on any atom is -0.386 e. The van der Waals surface area contributed by atoms with Crippen molar-refractivity contribution in [1.82, 2.24) is 10.1 Å². The smallest absolute Gasteiger partial charge is 0.386 e. The first-order valence-electron chi connectivity index (χ1n) is 3.65. The van der Waals surface area contributed by atoms with Crippen molar-refractivity contribution >= 4 is 29.3 Å². The van der Waals surface area contributed by atoms with Crippen molar-refractivity contribution in [2.24, 2.45) is 0 Å². The molecule has 0 aromatic carbocycles. The summed E-state index contributed by atoms with van der Waals surface area (Å²) in [5, 5.41) is 3.57. The van der Waals surface area contributed by atoms with Crippen LogP contribution in [0, 0.1) is 0 Å². The van der Waals surface area contributed by atoms with Crippen molar-refractivity contribution < 1.29 is 14.1 Å². The molecule has 0 spiro atoms. The van der Waals surface area contributed by atoms with E-state index in [0.717, 1.165) is 0 Å². The van der Waals surface area contributed by atoms with Crippen molar-refractivity contribution in [3.8, 4) is 5.88 Å². The van der Waals surface area contributed by atoms with Crippen LogP contribution in [0.1, 0.15) is 5.76 Å². The predicted octanol–water partition coefficient (Wildman–Crippen LogP) is 2.13. The van der Waals surface area contributed by atoms with Gasteiger partial charge in [0.2, 0.25) is 0 Å². The number of amides is 1. The monoisotopic (exact) mass is 238 g/mol. The number of nitrogens with zero attached hydrogens (tertiary/aromatic N) is 2. The van der Waals surface area contributed by atoms with Crippen LogP contribution < -0.4 is 4.74 Å². The number of rotatable bonds is 2. The maximum atomic E-state index is 11.1. The van der Waals surface area contributed by atoms with E-state index in [2.05, 4.69) is 5.16 Å². The van der Waals surface area contributed by atoms with Crippen LogP contribution in [0.3, 0.4) is 0 Å². The molecule has 0 aliphatic carbocycles. The maximum Gasteiger partial charge on any atom is 0.416 e. The van der Waals surface area contributed by atoms with Crippen LogP contribution in [-0.4, -0.2) is 30.2 Å². The van der Waals surface area contributed by atoms with Crippen LogP contribution in [0.5, 0.6) is 5.88 Å². The summed E-state index contributed by atoms with van der Waals surface area (Å²) in [6.07, 6.45) is -0.582. The number of aromatic nitrogens is 1. The molecule has 0 N–H and O–H groups in total. The van der Waals surface area contributed by atoms with Gasteiger partial charge in [-0.1, -0.05) is 11.6 Å². The van der Waals surface area contributed by atoms with Crippen LogP contribution in [-0.2, 0) is 5.88 Å². The van der Waals surface area contributed by atoms with E-state index in [9.17, 15) is 4.79 Å². The summed E-state index contributed by atoms with van der Waals surface area (Å²) in [4.78, 5) is 12.3. The Balaban J connectivity index is 2.77. The number of ether oxygens (including phenoxy) is 1. The van der Waals surface area contributed by atoms with Gasteiger partial charge in [0.15, 0.2) is 5.76 Å². The van der Waals surface area contributed by atoms with Crippen molar-refractivity contribution in [3.63, 3.8) is 0 Å². The van der Waals surface area contributed by atoms with Gasteiger partial charge in [-0.05, 0) is 5.16 Å². The van der Waals surface area contributed by atoms with Crippen LogP contribution in [0.2, 0.25) is 5.02 Å². The Kier molecular flexibility index (Phi) is 3.60. The molecule has 0 aliphatic rings. The molecule has 0 saturated heterocycles. The highest BCUT2D eigenvalue weighted by Gasteiger charge is 2.18. The number of hydrogen-bond acceptors (Lipinski definition) is 4. The summed E-state index contributed by atoms with van der Waals surface area (Å²) in [6.45, 7) is 0. The lowest BCUT2D eigenvalue weighted by molar-refractivity contribution is 0.167. The van der Waals surface area contributed by atoms with Crippen LogP contribution in [0.4, 0.5) is 4.79 Å². The Morgan fingerprint density at radius 3 is 2.71 bits per heavy atom. The summed E-state index contributed by atoms with van der Waals surface area (Å²) in [7, 11) is 3.08. The molecule has 0 atom stereocenters. The molecule has 1 rings (SSSR count). The molecule has 7 heteroatoms. The lowest BCUT2D eigenvalue weighted by atomic mass is 10.5. The first-order chi connectivity index (χ1) is 6.56. The summed E-state index contributed by atoms with van der Waals surface area (Å²) in [5.74, 6) is 0.279. The molecule has 1 heterocycles. The van der Waals surface area contributed by atoms with Crippen LogP contribution >= 0.6 is 23.2 Å². The van der Waals surface area contributed by atoms with Gasteiger partial charge in [0.1, 0.15) is 5.02 Å². The molecule has 0 unspecified atom stereocenters. The molecule has 0 aliphatic heterocycles. The van der Waals surface area contributed by atoms with Crippen molar-refractivity contribution in [2.75, 3.05) is 14.1 Å². The van der Waals surface area contributed by atoms with Gasteiger partial charge in [-0.3, -0.25) is 0 Å².